The van der Waals surface area contributed by atoms with Gasteiger partial charge >= 0.3 is 6.09 Å². The number of amides is 1. The number of carbonyl (C=O) groups is 1. The van der Waals surface area contributed by atoms with Crippen molar-refractivity contribution in [2.24, 2.45) is 11.7 Å². The standard InChI is InChI=1S/C12H22N2O3/c13-12(15)17-11-1-5-14(6-2-11)9-10-3-7-16-8-4-10/h10-11H,1-9H2,(H2,13,15). The Balaban J connectivity index is 1.66. The van der Waals surface area contributed by atoms with Crippen molar-refractivity contribution in [3.8, 4) is 0 Å². The fraction of sp³-hybridized carbons (Fsp3) is 0.917. The molecule has 5 nitrogen and oxygen atoms in total. The van der Waals surface area contributed by atoms with Gasteiger partial charge in [-0.25, -0.2) is 4.79 Å². The number of primary amides is 1. The van der Waals surface area contributed by atoms with Crippen molar-refractivity contribution in [3.63, 3.8) is 0 Å². The second kappa shape index (κ2) is 6.21. The first-order chi connectivity index (χ1) is 8.24. The van der Waals surface area contributed by atoms with E-state index in [-0.39, 0.29) is 6.10 Å². The topological polar surface area (TPSA) is 64.8 Å². The van der Waals surface area contributed by atoms with E-state index < -0.39 is 6.09 Å². The van der Waals surface area contributed by atoms with Crippen LogP contribution < -0.4 is 5.73 Å². The molecule has 0 atom stereocenters. The maximum absolute atomic E-state index is 10.6. The van der Waals surface area contributed by atoms with Gasteiger partial charge in [0.1, 0.15) is 6.10 Å². The number of carbonyl (C=O) groups excluding carboxylic acids is 1. The first kappa shape index (κ1) is 12.6. The molecular formula is C12H22N2O3. The smallest absolute Gasteiger partial charge is 0.404 e. The number of nitrogens with two attached hydrogens (primary N) is 1. The van der Waals surface area contributed by atoms with Gasteiger partial charge in [-0.1, -0.05) is 0 Å². The second-order valence-electron chi connectivity index (χ2n) is 4.99. The lowest BCUT2D eigenvalue weighted by Gasteiger charge is -2.34. The number of rotatable bonds is 3. The van der Waals surface area contributed by atoms with E-state index in [4.69, 9.17) is 15.2 Å². The maximum Gasteiger partial charge on any atom is 0.404 e. The molecule has 2 aliphatic rings. The Morgan fingerprint density at radius 1 is 1.24 bits per heavy atom. The van der Waals surface area contributed by atoms with Crippen molar-refractivity contribution in [2.75, 3.05) is 32.8 Å². The van der Waals surface area contributed by atoms with Crippen LogP contribution in [-0.4, -0.2) is 49.9 Å². The first-order valence-corrected chi connectivity index (χ1v) is 6.50. The van der Waals surface area contributed by atoms with Crippen LogP contribution in [0.2, 0.25) is 0 Å². The lowest BCUT2D eigenvalue weighted by molar-refractivity contribution is 0.0283. The highest BCUT2D eigenvalue weighted by molar-refractivity contribution is 5.64. The lowest BCUT2D eigenvalue weighted by atomic mass is 9.98. The molecule has 5 heteroatoms. The number of hydrogen-bond donors (Lipinski definition) is 1. The molecule has 0 aliphatic carbocycles. The molecule has 1 amide bonds. The fourth-order valence-corrected chi connectivity index (χ4v) is 2.67. The molecule has 2 saturated heterocycles. The molecule has 0 aromatic carbocycles. The fourth-order valence-electron chi connectivity index (χ4n) is 2.67. The van der Waals surface area contributed by atoms with E-state index in [0.717, 1.165) is 51.6 Å². The summed E-state index contributed by atoms with van der Waals surface area (Å²) >= 11 is 0. The third-order valence-electron chi connectivity index (χ3n) is 3.67. The molecule has 0 aromatic heterocycles. The van der Waals surface area contributed by atoms with Crippen molar-refractivity contribution in [3.05, 3.63) is 0 Å². The molecule has 2 rings (SSSR count). The van der Waals surface area contributed by atoms with Gasteiger partial charge < -0.3 is 20.1 Å². The van der Waals surface area contributed by atoms with Crippen molar-refractivity contribution >= 4 is 6.09 Å². The summed E-state index contributed by atoms with van der Waals surface area (Å²) in [6.07, 6.45) is 3.56. The number of hydrogen-bond acceptors (Lipinski definition) is 4. The monoisotopic (exact) mass is 242 g/mol. The summed E-state index contributed by atoms with van der Waals surface area (Å²) in [7, 11) is 0. The normalized spacial score (nSPS) is 24.7. The quantitative estimate of drug-likeness (QED) is 0.801. The Labute approximate surface area is 102 Å². The highest BCUT2D eigenvalue weighted by Crippen LogP contribution is 2.20. The highest BCUT2D eigenvalue weighted by Gasteiger charge is 2.24. The molecular weight excluding hydrogens is 220 g/mol. The molecule has 0 radical (unpaired) electrons. The molecule has 2 N–H and O–H groups in total. The Kier molecular flexibility index (Phi) is 4.62. The third kappa shape index (κ3) is 4.16. The minimum Gasteiger partial charge on any atom is -0.446 e. The zero-order valence-corrected chi connectivity index (χ0v) is 10.3. The zero-order valence-electron chi connectivity index (χ0n) is 10.3. The minimum atomic E-state index is -0.645. The van der Waals surface area contributed by atoms with Gasteiger partial charge in [-0.15, -0.1) is 0 Å². The molecule has 2 aliphatic heterocycles. The predicted octanol–water partition coefficient (Wildman–Crippen LogP) is 0.973. The van der Waals surface area contributed by atoms with Crippen LogP contribution in [0, 0.1) is 5.92 Å². The van der Waals surface area contributed by atoms with E-state index in [2.05, 4.69) is 4.90 Å². The van der Waals surface area contributed by atoms with E-state index in [0.29, 0.717) is 0 Å². The molecule has 0 unspecified atom stereocenters. The lowest BCUT2D eigenvalue weighted by Crippen LogP contribution is -2.41. The van der Waals surface area contributed by atoms with Crippen LogP contribution in [0.25, 0.3) is 0 Å². The predicted molar refractivity (Wildman–Crippen MR) is 63.7 cm³/mol. The molecule has 17 heavy (non-hydrogen) atoms. The van der Waals surface area contributed by atoms with Crippen molar-refractivity contribution in [1.82, 2.24) is 4.90 Å². The van der Waals surface area contributed by atoms with Gasteiger partial charge in [-0.3, -0.25) is 0 Å². The Morgan fingerprint density at radius 2 is 1.88 bits per heavy atom. The van der Waals surface area contributed by atoms with Gasteiger partial charge in [0, 0.05) is 32.8 Å². The molecule has 0 aromatic rings. The largest absolute Gasteiger partial charge is 0.446 e. The SMILES string of the molecule is NC(=O)OC1CCN(CC2CCOCC2)CC1. The van der Waals surface area contributed by atoms with Gasteiger partial charge in [0.15, 0.2) is 0 Å². The second-order valence-corrected chi connectivity index (χ2v) is 4.99. The van der Waals surface area contributed by atoms with Gasteiger partial charge in [-0.2, -0.15) is 0 Å². The van der Waals surface area contributed by atoms with E-state index in [9.17, 15) is 4.79 Å². The van der Waals surface area contributed by atoms with Crippen LogP contribution >= 0.6 is 0 Å². The van der Waals surface area contributed by atoms with Crippen molar-refractivity contribution in [1.29, 1.82) is 0 Å². The third-order valence-corrected chi connectivity index (χ3v) is 3.67. The number of piperidine rings is 1. The molecule has 0 spiro atoms. The van der Waals surface area contributed by atoms with Gasteiger partial charge in [0.2, 0.25) is 0 Å². The molecule has 98 valence electrons. The Bertz CT molecular complexity index is 246. The van der Waals surface area contributed by atoms with E-state index >= 15 is 0 Å². The maximum atomic E-state index is 10.6. The Morgan fingerprint density at radius 3 is 2.47 bits per heavy atom. The molecule has 0 bridgehead atoms. The number of nitrogens with zero attached hydrogens (tertiary/aromatic N) is 1. The first-order valence-electron chi connectivity index (χ1n) is 6.50. The Hall–Kier alpha value is -0.810. The summed E-state index contributed by atoms with van der Waals surface area (Å²) < 4.78 is 10.4. The van der Waals surface area contributed by atoms with Crippen LogP contribution in [0.1, 0.15) is 25.7 Å². The van der Waals surface area contributed by atoms with Gasteiger partial charge in [0.05, 0.1) is 0 Å². The van der Waals surface area contributed by atoms with Crippen LogP contribution in [0.3, 0.4) is 0 Å². The summed E-state index contributed by atoms with van der Waals surface area (Å²) in [4.78, 5) is 13.1. The average molecular weight is 242 g/mol. The molecule has 2 heterocycles. The van der Waals surface area contributed by atoms with E-state index in [1.54, 1.807) is 0 Å². The molecule has 0 saturated carbocycles. The van der Waals surface area contributed by atoms with Crippen LogP contribution in [0.4, 0.5) is 4.79 Å². The summed E-state index contributed by atoms with van der Waals surface area (Å²) in [5, 5.41) is 0. The van der Waals surface area contributed by atoms with E-state index in [1.807, 2.05) is 0 Å². The van der Waals surface area contributed by atoms with Crippen molar-refractivity contribution < 1.29 is 14.3 Å². The average Bonchev–Trinajstić information content (AvgIpc) is 2.32. The van der Waals surface area contributed by atoms with E-state index in [1.165, 1.54) is 12.8 Å². The summed E-state index contributed by atoms with van der Waals surface area (Å²) in [5.74, 6) is 0.775. The molecule has 2 fully saturated rings. The summed E-state index contributed by atoms with van der Waals surface area (Å²) in [5.41, 5.74) is 5.02. The minimum absolute atomic E-state index is 0.0263. The van der Waals surface area contributed by atoms with Crippen LogP contribution in [0.15, 0.2) is 0 Å². The highest BCUT2D eigenvalue weighted by atomic mass is 16.6. The van der Waals surface area contributed by atoms with Gasteiger partial charge in [0.25, 0.3) is 0 Å². The van der Waals surface area contributed by atoms with Gasteiger partial charge in [-0.05, 0) is 31.6 Å². The summed E-state index contributed by atoms with van der Waals surface area (Å²) in [6, 6.07) is 0. The number of ether oxygens (including phenoxy) is 2. The van der Waals surface area contributed by atoms with Crippen molar-refractivity contribution in [2.45, 2.75) is 31.8 Å². The zero-order chi connectivity index (χ0) is 12.1. The van der Waals surface area contributed by atoms with Crippen LogP contribution in [0.5, 0.6) is 0 Å². The number of likely N-dealkylation sites (tertiary alicyclic amines) is 1. The summed E-state index contributed by atoms with van der Waals surface area (Å²) in [6.45, 7) is 5.00. The van der Waals surface area contributed by atoms with Crippen LogP contribution in [-0.2, 0) is 9.47 Å².